The van der Waals surface area contributed by atoms with Crippen LogP contribution in [-0.4, -0.2) is 23.0 Å². The highest BCUT2D eigenvalue weighted by atomic mass is 32.2. The first-order valence-corrected chi connectivity index (χ1v) is 7.19. The van der Waals surface area contributed by atoms with Crippen LogP contribution in [0.3, 0.4) is 0 Å². The largest absolute Gasteiger partial charge is 0.389 e. The molecule has 0 fully saturated rings. The lowest BCUT2D eigenvalue weighted by Crippen LogP contribution is -2.45. The summed E-state index contributed by atoms with van der Waals surface area (Å²) >= 11 is 1.75. The van der Waals surface area contributed by atoms with Gasteiger partial charge >= 0.3 is 0 Å². The number of aliphatic hydroxyl groups is 1. The monoisotopic (exact) mass is 253 g/mol. The Morgan fingerprint density at radius 3 is 2.12 bits per heavy atom. The molecule has 0 spiro atoms. The molecule has 0 bridgehead atoms. The van der Waals surface area contributed by atoms with Gasteiger partial charge in [-0.2, -0.15) is 0 Å². The number of rotatable bonds is 5. The van der Waals surface area contributed by atoms with Gasteiger partial charge < -0.3 is 10.4 Å². The van der Waals surface area contributed by atoms with Gasteiger partial charge in [0, 0.05) is 17.0 Å². The second kappa shape index (κ2) is 5.89. The molecule has 2 nitrogen and oxygen atoms in total. The van der Waals surface area contributed by atoms with E-state index in [0.717, 1.165) is 0 Å². The first kappa shape index (κ1) is 14.6. The Balaban J connectivity index is 2.66. The summed E-state index contributed by atoms with van der Waals surface area (Å²) < 4.78 is 0. The van der Waals surface area contributed by atoms with Crippen LogP contribution in [0.5, 0.6) is 0 Å². The Kier molecular flexibility index (Phi) is 5.04. The van der Waals surface area contributed by atoms with Crippen LogP contribution in [0.4, 0.5) is 0 Å². The summed E-state index contributed by atoms with van der Waals surface area (Å²) in [6.45, 7) is 7.78. The van der Waals surface area contributed by atoms with Crippen LogP contribution in [0, 0.1) is 0 Å². The van der Waals surface area contributed by atoms with E-state index in [2.05, 4.69) is 42.8 Å². The molecule has 1 aromatic rings. The molecule has 0 aliphatic rings. The molecule has 2 unspecified atom stereocenters. The number of hydrogen-bond donors (Lipinski definition) is 2. The third-order valence-corrected chi connectivity index (χ3v) is 3.92. The van der Waals surface area contributed by atoms with Gasteiger partial charge in [0.1, 0.15) is 0 Å². The molecule has 0 amide bonds. The quantitative estimate of drug-likeness (QED) is 0.790. The number of benzene rings is 1. The average molecular weight is 253 g/mol. The van der Waals surface area contributed by atoms with E-state index < -0.39 is 5.60 Å². The zero-order chi connectivity index (χ0) is 13.1. The highest BCUT2D eigenvalue weighted by Gasteiger charge is 2.23. The van der Waals surface area contributed by atoms with Crippen molar-refractivity contribution in [2.45, 2.75) is 50.3 Å². The SMILES string of the molecule is CSc1ccc(C(C)NC(C)C(C)(C)O)cc1. The molecule has 0 aromatic heterocycles. The molecule has 2 N–H and O–H groups in total. The predicted octanol–water partition coefficient (Wildman–Crippen LogP) is 3.22. The molecule has 2 atom stereocenters. The van der Waals surface area contributed by atoms with Crippen molar-refractivity contribution in [1.29, 1.82) is 0 Å². The van der Waals surface area contributed by atoms with Crippen LogP contribution in [0.1, 0.15) is 39.3 Å². The lowest BCUT2D eigenvalue weighted by atomic mass is 9.98. The molecule has 0 saturated heterocycles. The van der Waals surface area contributed by atoms with Crippen molar-refractivity contribution in [2.75, 3.05) is 6.26 Å². The van der Waals surface area contributed by atoms with E-state index in [1.165, 1.54) is 10.5 Å². The fourth-order valence-electron chi connectivity index (χ4n) is 1.57. The van der Waals surface area contributed by atoms with E-state index in [1.807, 2.05) is 20.8 Å². The van der Waals surface area contributed by atoms with Crippen molar-refractivity contribution in [1.82, 2.24) is 5.32 Å². The van der Waals surface area contributed by atoms with E-state index in [4.69, 9.17) is 0 Å². The summed E-state index contributed by atoms with van der Waals surface area (Å²) in [5.74, 6) is 0. The lowest BCUT2D eigenvalue weighted by molar-refractivity contribution is 0.0405. The van der Waals surface area contributed by atoms with Gasteiger partial charge in [-0.1, -0.05) is 12.1 Å². The van der Waals surface area contributed by atoms with Crippen LogP contribution in [-0.2, 0) is 0 Å². The van der Waals surface area contributed by atoms with E-state index in [-0.39, 0.29) is 12.1 Å². The summed E-state index contributed by atoms with van der Waals surface area (Å²) in [6.07, 6.45) is 2.08. The van der Waals surface area contributed by atoms with Crippen molar-refractivity contribution in [3.63, 3.8) is 0 Å². The summed E-state index contributed by atoms with van der Waals surface area (Å²) in [7, 11) is 0. The zero-order valence-electron chi connectivity index (χ0n) is 11.3. The van der Waals surface area contributed by atoms with Crippen LogP contribution in [0.2, 0.25) is 0 Å². The number of nitrogens with one attached hydrogen (secondary N) is 1. The number of thioether (sulfide) groups is 1. The lowest BCUT2D eigenvalue weighted by Gasteiger charge is -2.30. The van der Waals surface area contributed by atoms with Gasteiger partial charge in [0.2, 0.25) is 0 Å². The molecule has 3 heteroatoms. The van der Waals surface area contributed by atoms with Gasteiger partial charge in [-0.15, -0.1) is 11.8 Å². The Hall–Kier alpha value is -0.510. The molecular weight excluding hydrogens is 230 g/mol. The Labute approximate surface area is 109 Å². The molecule has 0 heterocycles. The molecule has 0 aliphatic carbocycles. The van der Waals surface area contributed by atoms with Gasteiger partial charge in [-0.3, -0.25) is 0 Å². The maximum absolute atomic E-state index is 9.90. The van der Waals surface area contributed by atoms with Crippen molar-refractivity contribution >= 4 is 11.8 Å². The number of hydrogen-bond acceptors (Lipinski definition) is 3. The predicted molar refractivity (Wildman–Crippen MR) is 75.5 cm³/mol. The standard InChI is InChI=1S/C14H23NOS/c1-10(15-11(2)14(3,4)16)12-6-8-13(17-5)9-7-12/h6-11,15-16H,1-5H3. The summed E-state index contributed by atoms with van der Waals surface area (Å²) in [6, 6.07) is 8.84. The van der Waals surface area contributed by atoms with Crippen LogP contribution in [0.25, 0.3) is 0 Å². The highest BCUT2D eigenvalue weighted by molar-refractivity contribution is 7.98. The van der Waals surface area contributed by atoms with Gasteiger partial charge in [-0.25, -0.2) is 0 Å². The molecule has 1 aromatic carbocycles. The van der Waals surface area contributed by atoms with Gasteiger partial charge in [0.25, 0.3) is 0 Å². The van der Waals surface area contributed by atoms with Gasteiger partial charge in [-0.05, 0) is 51.6 Å². The second-order valence-corrected chi connectivity index (χ2v) is 5.92. The minimum Gasteiger partial charge on any atom is -0.389 e. The topological polar surface area (TPSA) is 32.3 Å². The fraction of sp³-hybridized carbons (Fsp3) is 0.571. The summed E-state index contributed by atoms with van der Waals surface area (Å²) in [4.78, 5) is 1.27. The van der Waals surface area contributed by atoms with E-state index in [0.29, 0.717) is 0 Å². The molecular formula is C14H23NOS. The normalized spacial score (nSPS) is 15.6. The Bertz CT molecular complexity index is 342. The van der Waals surface area contributed by atoms with E-state index >= 15 is 0 Å². The van der Waals surface area contributed by atoms with Crippen molar-refractivity contribution < 1.29 is 5.11 Å². The molecule has 96 valence electrons. The third kappa shape index (κ3) is 4.34. The molecule has 1 rings (SSSR count). The Morgan fingerprint density at radius 2 is 1.71 bits per heavy atom. The van der Waals surface area contributed by atoms with Crippen LogP contribution < -0.4 is 5.32 Å². The summed E-state index contributed by atoms with van der Waals surface area (Å²) in [5.41, 5.74) is 0.548. The maximum Gasteiger partial charge on any atom is 0.0741 e. The molecule has 0 saturated carbocycles. The highest BCUT2D eigenvalue weighted by Crippen LogP contribution is 2.20. The first-order valence-electron chi connectivity index (χ1n) is 5.97. The van der Waals surface area contributed by atoms with Crippen molar-refractivity contribution in [2.24, 2.45) is 0 Å². The second-order valence-electron chi connectivity index (χ2n) is 5.04. The van der Waals surface area contributed by atoms with Crippen LogP contribution >= 0.6 is 11.8 Å². The summed E-state index contributed by atoms with van der Waals surface area (Å²) in [5, 5.41) is 13.3. The van der Waals surface area contributed by atoms with E-state index in [9.17, 15) is 5.11 Å². The molecule has 17 heavy (non-hydrogen) atoms. The fourth-order valence-corrected chi connectivity index (χ4v) is 1.98. The average Bonchev–Trinajstić information content (AvgIpc) is 2.27. The minimum absolute atomic E-state index is 0.0535. The molecule has 0 aliphatic heterocycles. The molecule has 0 radical (unpaired) electrons. The maximum atomic E-state index is 9.90. The minimum atomic E-state index is -0.701. The smallest absolute Gasteiger partial charge is 0.0741 e. The third-order valence-electron chi connectivity index (χ3n) is 3.18. The zero-order valence-corrected chi connectivity index (χ0v) is 12.1. The van der Waals surface area contributed by atoms with Crippen molar-refractivity contribution in [3.8, 4) is 0 Å². The van der Waals surface area contributed by atoms with E-state index in [1.54, 1.807) is 11.8 Å². The first-order chi connectivity index (χ1) is 7.84. The van der Waals surface area contributed by atoms with Gasteiger partial charge in [0.15, 0.2) is 0 Å². The Morgan fingerprint density at radius 1 is 1.18 bits per heavy atom. The van der Waals surface area contributed by atoms with Gasteiger partial charge in [0.05, 0.1) is 5.60 Å². The van der Waals surface area contributed by atoms with Crippen LogP contribution in [0.15, 0.2) is 29.2 Å². The van der Waals surface area contributed by atoms with Crippen molar-refractivity contribution in [3.05, 3.63) is 29.8 Å².